The fourth-order valence-electron chi connectivity index (χ4n) is 7.63. The third-order valence-corrected chi connectivity index (χ3v) is 10.2. The van der Waals surface area contributed by atoms with Crippen LogP contribution in [-0.2, 0) is 28.7 Å². The normalized spacial score (nSPS) is 36.2. The summed E-state index contributed by atoms with van der Waals surface area (Å²) < 4.78 is 11.4. The van der Waals surface area contributed by atoms with Gasteiger partial charge in [0.05, 0.1) is 23.7 Å². The molecule has 0 spiro atoms. The molecule has 3 heterocycles. The SMILES string of the molecule is COC[C@H]1OC(=O)/C(=C/N2CCN(CCN3C(=O)C=CC3=O)CC2)C2=C(O)C(=O)C3=C([C]C[C@]4(C)[C@@H](O)CC[C@@H]34)[C@]21C. The molecule has 0 aromatic heterocycles. The van der Waals surface area contributed by atoms with Crippen LogP contribution < -0.4 is 0 Å². The Balaban J connectivity index is 1.27. The molecule has 6 rings (SSSR count). The number of nitrogens with zero attached hydrogens (tertiary/aromatic N) is 3. The Morgan fingerprint density at radius 3 is 2.43 bits per heavy atom. The van der Waals surface area contributed by atoms with Crippen LogP contribution in [0.1, 0.15) is 33.1 Å². The molecule has 3 aliphatic heterocycles. The number of methoxy groups -OCH3 is 1. The summed E-state index contributed by atoms with van der Waals surface area (Å²) in [4.78, 5) is 56.3. The summed E-state index contributed by atoms with van der Waals surface area (Å²) in [6.45, 7) is 7.14. The molecule has 42 heavy (non-hydrogen) atoms. The lowest BCUT2D eigenvalue weighted by molar-refractivity contribution is -0.156. The van der Waals surface area contributed by atoms with E-state index >= 15 is 0 Å². The van der Waals surface area contributed by atoms with E-state index in [9.17, 15) is 29.4 Å². The second-order valence-electron chi connectivity index (χ2n) is 12.5. The van der Waals surface area contributed by atoms with Gasteiger partial charge in [-0.3, -0.25) is 24.2 Å². The van der Waals surface area contributed by atoms with Gasteiger partial charge in [0.2, 0.25) is 5.78 Å². The molecular formula is C31H37N3O8. The molecule has 0 aromatic carbocycles. The molecule has 224 valence electrons. The topological polar surface area (TPSA) is 137 Å². The number of piperazine rings is 1. The third kappa shape index (κ3) is 4.27. The number of ketones is 1. The van der Waals surface area contributed by atoms with Crippen LogP contribution in [0.15, 0.2) is 46.4 Å². The number of amides is 2. The Labute approximate surface area is 245 Å². The zero-order chi connectivity index (χ0) is 30.0. The third-order valence-electron chi connectivity index (χ3n) is 10.2. The van der Waals surface area contributed by atoms with Gasteiger partial charge < -0.3 is 24.6 Å². The predicted octanol–water partition coefficient (Wildman–Crippen LogP) is 0.945. The summed E-state index contributed by atoms with van der Waals surface area (Å²) in [5.74, 6) is -2.45. The van der Waals surface area contributed by atoms with Crippen molar-refractivity contribution in [2.45, 2.75) is 45.3 Å². The molecule has 2 N–H and O–H groups in total. The minimum Gasteiger partial charge on any atom is -0.504 e. The van der Waals surface area contributed by atoms with Crippen LogP contribution in [0.5, 0.6) is 0 Å². The fraction of sp³-hybridized carbons (Fsp3) is 0.581. The number of carbonyl (C=O) groups excluding carboxylic acids is 4. The van der Waals surface area contributed by atoms with E-state index < -0.39 is 40.5 Å². The van der Waals surface area contributed by atoms with Crippen molar-refractivity contribution in [3.63, 3.8) is 0 Å². The first-order valence-corrected chi connectivity index (χ1v) is 14.6. The molecule has 3 fully saturated rings. The first-order chi connectivity index (χ1) is 20.0. The molecule has 2 saturated heterocycles. The molecule has 6 aliphatic rings. The molecule has 1 saturated carbocycles. The average molecular weight is 580 g/mol. The summed E-state index contributed by atoms with van der Waals surface area (Å²) in [6, 6.07) is 0. The summed E-state index contributed by atoms with van der Waals surface area (Å²) in [5.41, 5.74) is -0.155. The number of cyclic esters (lactones) is 1. The number of Topliss-reactive ketones (excluding diaryl/α,β-unsaturated/α-hetero) is 1. The average Bonchev–Trinajstić information content (AvgIpc) is 3.45. The molecular weight excluding hydrogens is 542 g/mol. The van der Waals surface area contributed by atoms with E-state index in [2.05, 4.69) is 11.3 Å². The minimum absolute atomic E-state index is 0.0692. The Bertz CT molecular complexity index is 1340. The van der Waals surface area contributed by atoms with Gasteiger partial charge in [-0.15, -0.1) is 0 Å². The summed E-state index contributed by atoms with van der Waals surface area (Å²) in [6.07, 6.45) is 7.95. The molecule has 0 unspecified atom stereocenters. The van der Waals surface area contributed by atoms with Gasteiger partial charge in [0.1, 0.15) is 6.10 Å². The van der Waals surface area contributed by atoms with Gasteiger partial charge in [0.15, 0.2) is 5.76 Å². The number of carbonyl (C=O) groups is 4. The van der Waals surface area contributed by atoms with Crippen LogP contribution in [0.2, 0.25) is 0 Å². The number of fused-ring (bicyclic) bond motifs is 4. The molecule has 0 bridgehead atoms. The maximum Gasteiger partial charge on any atom is 0.340 e. The number of hydrogen-bond acceptors (Lipinski definition) is 10. The highest BCUT2D eigenvalue weighted by Crippen LogP contribution is 2.62. The molecule has 11 heteroatoms. The van der Waals surface area contributed by atoms with Crippen molar-refractivity contribution >= 4 is 23.6 Å². The van der Waals surface area contributed by atoms with E-state index in [4.69, 9.17) is 9.47 Å². The van der Waals surface area contributed by atoms with Gasteiger partial charge in [0, 0.05) is 87.7 Å². The Morgan fingerprint density at radius 2 is 1.76 bits per heavy atom. The quantitative estimate of drug-likeness (QED) is 0.266. The Morgan fingerprint density at radius 1 is 1.07 bits per heavy atom. The maximum absolute atomic E-state index is 13.9. The maximum atomic E-state index is 13.9. The number of rotatable bonds is 6. The van der Waals surface area contributed by atoms with Crippen molar-refractivity contribution in [3.8, 4) is 0 Å². The fourth-order valence-corrected chi connectivity index (χ4v) is 7.63. The lowest BCUT2D eigenvalue weighted by atomic mass is 9.54. The van der Waals surface area contributed by atoms with E-state index in [0.717, 1.165) is 0 Å². The first kappa shape index (κ1) is 28.8. The standard InChI is InChI=1S/C31H37N3O8/c1-30-9-8-20-25(19(30)4-5-21(30)35)27(38)28(39)26-18(29(40)42-22(17-41-3)31(20,26)2)16-33-12-10-32(11-13-33)14-15-34-23(36)6-7-24(34)37/h6-7,16,19,21-22,35,39H,4-5,9-15,17H2,1-3H3/b18-16+/t19-,21-,22+,30-,31-/m0/s1. The smallest absolute Gasteiger partial charge is 0.340 e. The zero-order valence-corrected chi connectivity index (χ0v) is 24.2. The number of aliphatic hydroxyl groups excluding tert-OH is 2. The van der Waals surface area contributed by atoms with Gasteiger partial charge in [-0.05, 0) is 37.7 Å². The van der Waals surface area contributed by atoms with E-state index in [1.807, 2.05) is 18.7 Å². The summed E-state index contributed by atoms with van der Waals surface area (Å²) >= 11 is 0. The van der Waals surface area contributed by atoms with Crippen LogP contribution in [-0.4, -0.2) is 114 Å². The van der Waals surface area contributed by atoms with E-state index in [-0.39, 0.29) is 35.5 Å². The molecule has 11 nitrogen and oxygen atoms in total. The van der Waals surface area contributed by atoms with Crippen molar-refractivity contribution in [2.24, 2.45) is 16.7 Å². The number of aliphatic hydroxyl groups is 2. The largest absolute Gasteiger partial charge is 0.504 e. The van der Waals surface area contributed by atoms with Gasteiger partial charge in [-0.2, -0.15) is 0 Å². The molecule has 5 atom stereocenters. The number of allylic oxidation sites excluding steroid dienone is 1. The molecule has 2 radical (unpaired) electrons. The molecule has 2 amide bonds. The number of ether oxygens (including phenoxy) is 2. The van der Waals surface area contributed by atoms with Crippen LogP contribution in [0.3, 0.4) is 0 Å². The van der Waals surface area contributed by atoms with Crippen LogP contribution in [0.4, 0.5) is 0 Å². The predicted molar refractivity (Wildman–Crippen MR) is 148 cm³/mol. The van der Waals surface area contributed by atoms with Crippen molar-refractivity contribution in [3.05, 3.63) is 52.8 Å². The number of hydrogen-bond donors (Lipinski definition) is 2. The van der Waals surface area contributed by atoms with E-state index in [1.54, 1.807) is 6.20 Å². The van der Waals surface area contributed by atoms with Crippen molar-refractivity contribution < 1.29 is 38.9 Å². The van der Waals surface area contributed by atoms with Gasteiger partial charge in [-0.1, -0.05) is 6.92 Å². The second kappa shape index (κ2) is 10.5. The van der Waals surface area contributed by atoms with Crippen LogP contribution in [0.25, 0.3) is 0 Å². The van der Waals surface area contributed by atoms with Crippen molar-refractivity contribution in [2.75, 3.05) is 53.0 Å². The monoisotopic (exact) mass is 579 g/mol. The van der Waals surface area contributed by atoms with Crippen LogP contribution >= 0.6 is 0 Å². The number of imide groups is 1. The van der Waals surface area contributed by atoms with E-state index in [0.29, 0.717) is 69.7 Å². The first-order valence-electron chi connectivity index (χ1n) is 14.6. The Hall–Kier alpha value is -3.28. The second-order valence-corrected chi connectivity index (χ2v) is 12.5. The Kier molecular flexibility index (Phi) is 7.18. The van der Waals surface area contributed by atoms with Gasteiger partial charge >= 0.3 is 5.97 Å². The lowest BCUT2D eigenvalue weighted by Crippen LogP contribution is -2.54. The van der Waals surface area contributed by atoms with Gasteiger partial charge in [-0.25, -0.2) is 4.79 Å². The number of esters is 1. The molecule has 0 aromatic rings. The van der Waals surface area contributed by atoms with Gasteiger partial charge in [0.25, 0.3) is 11.8 Å². The summed E-state index contributed by atoms with van der Waals surface area (Å²) in [7, 11) is 1.51. The summed E-state index contributed by atoms with van der Waals surface area (Å²) in [5, 5.41) is 22.3. The van der Waals surface area contributed by atoms with Crippen LogP contribution in [0, 0.1) is 23.2 Å². The van der Waals surface area contributed by atoms with Crippen molar-refractivity contribution in [1.82, 2.24) is 14.7 Å². The molecule has 3 aliphatic carbocycles. The highest BCUT2D eigenvalue weighted by Gasteiger charge is 2.61. The lowest BCUT2D eigenvalue weighted by Gasteiger charge is -2.52. The minimum atomic E-state index is -1.07. The van der Waals surface area contributed by atoms with Crippen molar-refractivity contribution in [1.29, 1.82) is 0 Å². The highest BCUT2D eigenvalue weighted by atomic mass is 16.6. The zero-order valence-electron chi connectivity index (χ0n) is 24.2. The highest BCUT2D eigenvalue weighted by molar-refractivity contribution is 6.13. The van der Waals surface area contributed by atoms with E-state index in [1.165, 1.54) is 24.2 Å².